The molecule has 2 heterocycles. The number of hydrogen-bond donors (Lipinski definition) is 1. The highest BCUT2D eigenvalue weighted by Crippen LogP contribution is 2.28. The fraction of sp³-hybridized carbons (Fsp3) is 0.0909. The highest BCUT2D eigenvalue weighted by molar-refractivity contribution is 7.99. The van der Waals surface area contributed by atoms with Crippen molar-refractivity contribution in [3.63, 3.8) is 0 Å². The summed E-state index contributed by atoms with van der Waals surface area (Å²) < 4.78 is 0. The van der Waals surface area contributed by atoms with E-state index in [2.05, 4.69) is 20.3 Å². The van der Waals surface area contributed by atoms with Crippen LogP contribution in [-0.2, 0) is 11.2 Å². The Hall–Kier alpha value is -3.03. The molecule has 5 nitrogen and oxygen atoms in total. The molecule has 1 amide bonds. The van der Waals surface area contributed by atoms with Crippen LogP contribution in [0.5, 0.6) is 0 Å². The lowest BCUT2D eigenvalue weighted by molar-refractivity contribution is -0.115. The summed E-state index contributed by atoms with van der Waals surface area (Å²) in [5, 5.41) is 6.54. The van der Waals surface area contributed by atoms with Gasteiger partial charge in [-0.1, -0.05) is 30.3 Å². The largest absolute Gasteiger partial charge is 0.326 e. The van der Waals surface area contributed by atoms with Gasteiger partial charge in [0.05, 0.1) is 12.1 Å². The molecule has 0 aliphatic rings. The van der Waals surface area contributed by atoms with Crippen LogP contribution < -0.4 is 5.32 Å². The van der Waals surface area contributed by atoms with E-state index in [0.717, 1.165) is 32.4 Å². The summed E-state index contributed by atoms with van der Waals surface area (Å²) in [6.45, 7) is 1.97. The number of nitrogens with one attached hydrogen (secondary N) is 1. The maximum atomic E-state index is 12.5. The molecule has 7 heteroatoms. The van der Waals surface area contributed by atoms with Crippen LogP contribution in [0.3, 0.4) is 0 Å². The molecular formula is C22H18N4OS2. The first-order chi connectivity index (χ1) is 14.2. The van der Waals surface area contributed by atoms with Gasteiger partial charge in [0, 0.05) is 33.9 Å². The van der Waals surface area contributed by atoms with Crippen LogP contribution in [0.15, 0.2) is 82.4 Å². The number of anilines is 1. The summed E-state index contributed by atoms with van der Waals surface area (Å²) >= 11 is 3.04. The van der Waals surface area contributed by atoms with Gasteiger partial charge < -0.3 is 5.32 Å². The van der Waals surface area contributed by atoms with Crippen molar-refractivity contribution in [3.05, 3.63) is 83.6 Å². The molecule has 29 heavy (non-hydrogen) atoms. The fourth-order valence-corrected chi connectivity index (χ4v) is 4.38. The van der Waals surface area contributed by atoms with Gasteiger partial charge in [-0.25, -0.2) is 15.0 Å². The second-order valence-corrected chi connectivity index (χ2v) is 8.24. The molecule has 0 aliphatic heterocycles. The van der Waals surface area contributed by atoms with Crippen molar-refractivity contribution < 1.29 is 4.79 Å². The maximum Gasteiger partial charge on any atom is 0.230 e. The predicted molar refractivity (Wildman–Crippen MR) is 117 cm³/mol. The van der Waals surface area contributed by atoms with E-state index >= 15 is 0 Å². The van der Waals surface area contributed by atoms with E-state index in [0.29, 0.717) is 5.16 Å². The molecule has 0 fully saturated rings. The quantitative estimate of drug-likeness (QED) is 0.434. The van der Waals surface area contributed by atoms with E-state index in [9.17, 15) is 4.79 Å². The van der Waals surface area contributed by atoms with Crippen LogP contribution in [0.25, 0.3) is 10.6 Å². The summed E-state index contributed by atoms with van der Waals surface area (Å²) in [4.78, 5) is 26.5. The molecule has 0 atom stereocenters. The molecule has 4 rings (SSSR count). The molecule has 0 saturated carbocycles. The van der Waals surface area contributed by atoms with Gasteiger partial charge in [0.15, 0.2) is 5.16 Å². The van der Waals surface area contributed by atoms with Crippen molar-refractivity contribution in [1.82, 2.24) is 15.0 Å². The van der Waals surface area contributed by atoms with Crippen molar-refractivity contribution in [2.24, 2.45) is 0 Å². The van der Waals surface area contributed by atoms with Gasteiger partial charge in [-0.15, -0.1) is 11.3 Å². The second kappa shape index (κ2) is 8.98. The SMILES string of the molecule is Cc1cc(Sc2ncccn2)ccc1NC(=O)Cc1csc(-c2ccccc2)n1. The number of amides is 1. The van der Waals surface area contributed by atoms with Gasteiger partial charge in [0.25, 0.3) is 0 Å². The smallest absolute Gasteiger partial charge is 0.230 e. The van der Waals surface area contributed by atoms with E-state index in [1.54, 1.807) is 29.8 Å². The number of hydrogen-bond acceptors (Lipinski definition) is 6. The Morgan fingerprint density at radius 2 is 1.86 bits per heavy atom. The number of rotatable bonds is 6. The molecule has 0 spiro atoms. The van der Waals surface area contributed by atoms with E-state index in [4.69, 9.17) is 0 Å². The summed E-state index contributed by atoms with van der Waals surface area (Å²) in [7, 11) is 0. The third-order valence-electron chi connectivity index (χ3n) is 4.14. The number of nitrogens with zero attached hydrogens (tertiary/aromatic N) is 3. The van der Waals surface area contributed by atoms with Crippen molar-refractivity contribution in [2.45, 2.75) is 23.4 Å². The Balaban J connectivity index is 1.39. The van der Waals surface area contributed by atoms with Gasteiger partial charge in [0.1, 0.15) is 5.01 Å². The highest BCUT2D eigenvalue weighted by atomic mass is 32.2. The highest BCUT2D eigenvalue weighted by Gasteiger charge is 2.11. The Labute approximate surface area is 177 Å². The van der Waals surface area contributed by atoms with Crippen molar-refractivity contribution in [1.29, 1.82) is 0 Å². The van der Waals surface area contributed by atoms with Gasteiger partial charge >= 0.3 is 0 Å². The van der Waals surface area contributed by atoms with Gasteiger partial charge in [-0.05, 0) is 48.5 Å². The minimum atomic E-state index is -0.0789. The molecular weight excluding hydrogens is 400 g/mol. The maximum absolute atomic E-state index is 12.5. The van der Waals surface area contributed by atoms with Crippen LogP contribution in [0.2, 0.25) is 0 Å². The summed E-state index contributed by atoms with van der Waals surface area (Å²) in [5.74, 6) is -0.0789. The van der Waals surface area contributed by atoms with Crippen LogP contribution >= 0.6 is 23.1 Å². The molecule has 0 bridgehead atoms. The monoisotopic (exact) mass is 418 g/mol. The number of benzene rings is 2. The van der Waals surface area contributed by atoms with Gasteiger partial charge in [0.2, 0.25) is 5.91 Å². The second-order valence-electron chi connectivity index (χ2n) is 6.35. The van der Waals surface area contributed by atoms with Crippen molar-refractivity contribution in [3.8, 4) is 10.6 Å². The van der Waals surface area contributed by atoms with Crippen LogP contribution in [0.4, 0.5) is 5.69 Å². The van der Waals surface area contributed by atoms with E-state index in [1.165, 1.54) is 11.8 Å². The molecule has 0 aliphatic carbocycles. The first kappa shape index (κ1) is 19.3. The number of thiazole rings is 1. The van der Waals surface area contributed by atoms with Gasteiger partial charge in [-0.3, -0.25) is 4.79 Å². The van der Waals surface area contributed by atoms with Gasteiger partial charge in [-0.2, -0.15) is 0 Å². The lowest BCUT2D eigenvalue weighted by Gasteiger charge is -2.09. The zero-order valence-electron chi connectivity index (χ0n) is 15.7. The summed E-state index contributed by atoms with van der Waals surface area (Å²) in [6, 6.07) is 17.7. The molecule has 2 aromatic heterocycles. The lowest BCUT2D eigenvalue weighted by Crippen LogP contribution is -2.15. The minimum Gasteiger partial charge on any atom is -0.326 e. The average Bonchev–Trinajstić information content (AvgIpc) is 3.20. The van der Waals surface area contributed by atoms with Crippen LogP contribution in [0.1, 0.15) is 11.3 Å². The first-order valence-corrected chi connectivity index (χ1v) is 10.7. The van der Waals surface area contributed by atoms with Crippen LogP contribution in [0, 0.1) is 6.92 Å². The Kier molecular flexibility index (Phi) is 5.97. The Morgan fingerprint density at radius 3 is 2.62 bits per heavy atom. The first-order valence-electron chi connectivity index (χ1n) is 9.02. The number of carbonyl (C=O) groups is 1. The number of carbonyl (C=O) groups excluding carboxylic acids is 1. The third kappa shape index (κ3) is 5.07. The van der Waals surface area contributed by atoms with E-state index < -0.39 is 0 Å². The molecule has 2 aromatic carbocycles. The number of aromatic nitrogens is 3. The summed E-state index contributed by atoms with van der Waals surface area (Å²) in [5.41, 5.74) is 3.63. The standard InChI is InChI=1S/C22H18N4OS2/c1-15-12-18(29-22-23-10-5-11-24-22)8-9-19(15)26-20(27)13-17-14-28-21(25-17)16-6-3-2-4-7-16/h2-12,14H,13H2,1H3,(H,26,27). The topological polar surface area (TPSA) is 67.8 Å². The zero-order valence-corrected chi connectivity index (χ0v) is 17.3. The molecule has 0 unspecified atom stereocenters. The van der Waals surface area contributed by atoms with E-state index in [-0.39, 0.29) is 12.3 Å². The Bertz CT molecular complexity index is 1110. The predicted octanol–water partition coefficient (Wildman–Crippen LogP) is 5.24. The number of aryl methyl sites for hydroxylation is 1. The van der Waals surface area contributed by atoms with Crippen LogP contribution in [-0.4, -0.2) is 20.9 Å². The molecule has 0 saturated heterocycles. The molecule has 4 aromatic rings. The summed E-state index contributed by atoms with van der Waals surface area (Å²) in [6.07, 6.45) is 3.69. The molecule has 144 valence electrons. The van der Waals surface area contributed by atoms with Crippen molar-refractivity contribution in [2.75, 3.05) is 5.32 Å². The van der Waals surface area contributed by atoms with E-state index in [1.807, 2.05) is 60.8 Å². The minimum absolute atomic E-state index is 0.0789. The normalized spacial score (nSPS) is 10.7. The lowest BCUT2D eigenvalue weighted by atomic mass is 10.2. The molecule has 0 radical (unpaired) electrons. The molecule has 1 N–H and O–H groups in total. The Morgan fingerprint density at radius 1 is 1.07 bits per heavy atom. The average molecular weight is 419 g/mol. The third-order valence-corrected chi connectivity index (χ3v) is 5.96. The van der Waals surface area contributed by atoms with Crippen molar-refractivity contribution >= 4 is 34.7 Å². The fourth-order valence-electron chi connectivity index (χ4n) is 2.74. The zero-order chi connectivity index (χ0) is 20.1.